The average Bonchev–Trinajstić information content (AvgIpc) is 3.01. The van der Waals surface area contributed by atoms with E-state index in [0.29, 0.717) is 5.70 Å². The van der Waals surface area contributed by atoms with Crippen LogP contribution in [0.5, 0.6) is 0 Å². The molecule has 9 nitrogen and oxygen atoms in total. The number of esters is 1. The van der Waals surface area contributed by atoms with Crippen molar-refractivity contribution >= 4 is 29.3 Å². The summed E-state index contributed by atoms with van der Waals surface area (Å²) in [6.45, 7) is 5.98. The Balaban J connectivity index is 2.14. The second-order valence-corrected chi connectivity index (χ2v) is 7.64. The number of hydrogen-bond acceptors (Lipinski definition) is 7. The molecular formula is C21H23FN4O5. The fourth-order valence-corrected chi connectivity index (χ4v) is 3.29. The minimum Gasteiger partial charge on any atom is -0.467 e. The first kappa shape index (κ1) is 23.5. The fourth-order valence-electron chi connectivity index (χ4n) is 3.29. The number of amides is 2. The molecule has 1 aromatic rings. The van der Waals surface area contributed by atoms with E-state index in [1.165, 1.54) is 26.0 Å². The van der Waals surface area contributed by atoms with Crippen LogP contribution in [0.2, 0.25) is 0 Å². The van der Waals surface area contributed by atoms with Crippen molar-refractivity contribution in [1.82, 2.24) is 10.6 Å². The molecule has 3 N–H and O–H groups in total. The van der Waals surface area contributed by atoms with Crippen LogP contribution in [0.4, 0.5) is 10.1 Å². The Hall–Kier alpha value is -3.74. The van der Waals surface area contributed by atoms with Gasteiger partial charge in [0.1, 0.15) is 23.5 Å². The van der Waals surface area contributed by atoms with Crippen molar-refractivity contribution in [3.63, 3.8) is 0 Å². The first-order chi connectivity index (χ1) is 14.4. The monoisotopic (exact) mass is 430 g/mol. The lowest BCUT2D eigenvalue weighted by molar-refractivity contribution is -0.150. The van der Waals surface area contributed by atoms with Crippen LogP contribution in [0.3, 0.4) is 0 Å². The van der Waals surface area contributed by atoms with Crippen molar-refractivity contribution in [3.05, 3.63) is 40.8 Å². The maximum absolute atomic E-state index is 13.5. The molecule has 0 spiro atoms. The predicted octanol–water partition coefficient (Wildman–Crippen LogP) is 1.15. The highest BCUT2D eigenvalue weighted by Crippen LogP contribution is 2.28. The molecule has 31 heavy (non-hydrogen) atoms. The molecule has 0 bridgehead atoms. The molecule has 0 saturated heterocycles. The standard InChI is InChI=1S/C21H23FN4O5/c1-10-15(18(28)25-13-6-7-14(22)12(8-13)9-23)11(2)24-16(10)17(27)19(29)26-21(3,4)20(30)31-5/h6-8,10,16,24H,1-5H3,(H,25,28)(H,26,29). The van der Waals surface area contributed by atoms with E-state index in [4.69, 9.17) is 5.26 Å². The van der Waals surface area contributed by atoms with Gasteiger partial charge in [-0.25, -0.2) is 9.18 Å². The Morgan fingerprint density at radius 1 is 1.26 bits per heavy atom. The summed E-state index contributed by atoms with van der Waals surface area (Å²) in [5.41, 5.74) is -0.790. The number of ketones is 1. The molecule has 0 aliphatic carbocycles. The summed E-state index contributed by atoms with van der Waals surface area (Å²) in [6, 6.07) is 4.24. The number of Topliss-reactive ketones (excluding diaryl/α,β-unsaturated/α-hetero) is 1. The molecule has 0 fully saturated rings. The number of methoxy groups -OCH3 is 1. The summed E-state index contributed by atoms with van der Waals surface area (Å²) in [5, 5.41) is 16.7. The van der Waals surface area contributed by atoms with Gasteiger partial charge in [0.15, 0.2) is 0 Å². The van der Waals surface area contributed by atoms with Gasteiger partial charge in [0.25, 0.3) is 11.8 Å². The number of hydrogen-bond donors (Lipinski definition) is 3. The van der Waals surface area contributed by atoms with Crippen LogP contribution in [0.1, 0.15) is 33.3 Å². The maximum Gasteiger partial charge on any atom is 0.330 e. The quantitative estimate of drug-likeness (QED) is 0.455. The molecule has 1 heterocycles. The Kier molecular flexibility index (Phi) is 6.80. The van der Waals surface area contributed by atoms with Crippen LogP contribution in [0.25, 0.3) is 0 Å². The summed E-state index contributed by atoms with van der Waals surface area (Å²) < 4.78 is 18.1. The molecule has 2 amide bonds. The zero-order chi connectivity index (χ0) is 23.5. The number of nitrogens with one attached hydrogen (secondary N) is 3. The molecule has 2 rings (SSSR count). The minimum absolute atomic E-state index is 0.211. The zero-order valence-corrected chi connectivity index (χ0v) is 17.8. The van der Waals surface area contributed by atoms with Crippen LogP contribution in [-0.4, -0.2) is 42.3 Å². The summed E-state index contributed by atoms with van der Waals surface area (Å²) in [4.78, 5) is 49.6. The number of benzene rings is 1. The van der Waals surface area contributed by atoms with E-state index >= 15 is 0 Å². The summed E-state index contributed by atoms with van der Waals surface area (Å²) in [7, 11) is 1.16. The van der Waals surface area contributed by atoms with Crippen molar-refractivity contribution in [2.75, 3.05) is 12.4 Å². The molecule has 2 atom stereocenters. The minimum atomic E-state index is -1.41. The van der Waals surface area contributed by atoms with Crippen molar-refractivity contribution in [2.24, 2.45) is 5.92 Å². The fraction of sp³-hybridized carbons (Fsp3) is 0.381. The van der Waals surface area contributed by atoms with Crippen LogP contribution < -0.4 is 16.0 Å². The van der Waals surface area contributed by atoms with E-state index in [1.807, 2.05) is 0 Å². The number of nitriles is 1. The molecule has 1 aliphatic rings. The van der Waals surface area contributed by atoms with Crippen LogP contribution in [-0.2, 0) is 23.9 Å². The highest BCUT2D eigenvalue weighted by molar-refractivity contribution is 6.39. The van der Waals surface area contributed by atoms with Gasteiger partial charge in [0.05, 0.1) is 12.7 Å². The molecule has 1 aromatic carbocycles. The van der Waals surface area contributed by atoms with Gasteiger partial charge in [0.2, 0.25) is 5.78 Å². The number of nitrogens with zero attached hydrogens (tertiary/aromatic N) is 1. The van der Waals surface area contributed by atoms with Crippen LogP contribution in [0, 0.1) is 23.1 Å². The van der Waals surface area contributed by atoms with Gasteiger partial charge in [-0.15, -0.1) is 0 Å². The van der Waals surface area contributed by atoms with Gasteiger partial charge in [-0.3, -0.25) is 14.4 Å². The second-order valence-electron chi connectivity index (χ2n) is 7.64. The molecule has 0 aromatic heterocycles. The van der Waals surface area contributed by atoms with Crippen molar-refractivity contribution in [2.45, 2.75) is 39.3 Å². The largest absolute Gasteiger partial charge is 0.467 e. The number of carbonyl (C=O) groups excluding carboxylic acids is 4. The third-order valence-electron chi connectivity index (χ3n) is 4.95. The van der Waals surface area contributed by atoms with Gasteiger partial charge < -0.3 is 20.7 Å². The number of halogens is 1. The Bertz CT molecular complexity index is 1030. The normalized spacial score (nSPS) is 18.0. The summed E-state index contributed by atoms with van der Waals surface area (Å²) in [5.74, 6) is -4.50. The molecule has 1 aliphatic heterocycles. The van der Waals surface area contributed by atoms with Crippen LogP contribution in [0.15, 0.2) is 29.5 Å². The van der Waals surface area contributed by atoms with E-state index in [-0.39, 0.29) is 16.8 Å². The molecule has 164 valence electrons. The number of anilines is 1. The maximum atomic E-state index is 13.5. The SMILES string of the molecule is COC(=O)C(C)(C)NC(=O)C(=O)C1NC(C)=C(C(=O)Nc2ccc(F)c(C#N)c2)C1C. The topological polar surface area (TPSA) is 137 Å². The lowest BCUT2D eigenvalue weighted by atomic mass is 9.92. The first-order valence-electron chi connectivity index (χ1n) is 9.36. The average molecular weight is 430 g/mol. The molecular weight excluding hydrogens is 407 g/mol. The molecule has 2 unspecified atom stereocenters. The zero-order valence-electron chi connectivity index (χ0n) is 17.8. The van der Waals surface area contributed by atoms with Crippen LogP contribution >= 0.6 is 0 Å². The number of carbonyl (C=O) groups is 4. The third-order valence-corrected chi connectivity index (χ3v) is 4.95. The smallest absolute Gasteiger partial charge is 0.330 e. The van der Waals surface area contributed by atoms with Gasteiger partial charge in [-0.1, -0.05) is 6.92 Å². The van der Waals surface area contributed by atoms with Gasteiger partial charge in [-0.05, 0) is 39.0 Å². The summed E-state index contributed by atoms with van der Waals surface area (Å²) in [6.07, 6.45) is 0. The van der Waals surface area contributed by atoms with Gasteiger partial charge in [0, 0.05) is 22.9 Å². The predicted molar refractivity (Wildman–Crippen MR) is 108 cm³/mol. The molecule has 0 radical (unpaired) electrons. The third kappa shape index (κ3) is 4.88. The number of allylic oxidation sites excluding steroid dienone is 1. The van der Waals surface area contributed by atoms with Crippen molar-refractivity contribution in [3.8, 4) is 6.07 Å². The van der Waals surface area contributed by atoms with E-state index in [9.17, 15) is 23.6 Å². The van der Waals surface area contributed by atoms with E-state index in [0.717, 1.165) is 13.2 Å². The van der Waals surface area contributed by atoms with E-state index in [2.05, 4.69) is 20.7 Å². The highest BCUT2D eigenvalue weighted by Gasteiger charge is 2.42. The van der Waals surface area contributed by atoms with Crippen molar-refractivity contribution in [1.29, 1.82) is 5.26 Å². The lowest BCUT2D eigenvalue weighted by Gasteiger charge is -2.24. The second kappa shape index (κ2) is 8.95. The number of rotatable bonds is 6. The lowest BCUT2D eigenvalue weighted by Crippen LogP contribution is -2.55. The first-order valence-corrected chi connectivity index (χ1v) is 9.36. The summed E-state index contributed by atoms with van der Waals surface area (Å²) >= 11 is 0. The van der Waals surface area contributed by atoms with Crippen molar-refractivity contribution < 1.29 is 28.3 Å². The Labute approximate surface area is 178 Å². The highest BCUT2D eigenvalue weighted by atomic mass is 19.1. The van der Waals surface area contributed by atoms with E-state index < -0.39 is 46.9 Å². The Morgan fingerprint density at radius 3 is 2.48 bits per heavy atom. The molecule has 0 saturated carbocycles. The molecule has 10 heteroatoms. The van der Waals surface area contributed by atoms with Gasteiger partial charge >= 0.3 is 5.97 Å². The van der Waals surface area contributed by atoms with E-state index in [1.54, 1.807) is 19.9 Å². The van der Waals surface area contributed by atoms with Gasteiger partial charge in [-0.2, -0.15) is 5.26 Å². The Morgan fingerprint density at radius 2 is 1.90 bits per heavy atom. The number of ether oxygens (including phenoxy) is 1.